The number of guanidine groups is 1. The second kappa shape index (κ2) is 13.8. The first-order valence-electron chi connectivity index (χ1n) is 12.7. The topological polar surface area (TPSA) is 77.9 Å². The summed E-state index contributed by atoms with van der Waals surface area (Å²) in [6.07, 6.45) is 2.33. The van der Waals surface area contributed by atoms with Crippen molar-refractivity contribution in [3.63, 3.8) is 0 Å². The van der Waals surface area contributed by atoms with E-state index in [2.05, 4.69) is 26.1 Å². The van der Waals surface area contributed by atoms with Gasteiger partial charge in [-0.25, -0.2) is 4.39 Å². The van der Waals surface area contributed by atoms with Gasteiger partial charge in [0, 0.05) is 34.7 Å². The molecule has 1 saturated heterocycles. The van der Waals surface area contributed by atoms with E-state index in [-0.39, 0.29) is 23.9 Å². The van der Waals surface area contributed by atoms with Crippen molar-refractivity contribution >= 4 is 39.4 Å². The Bertz CT molecular complexity index is 1320. The number of hydrogen-bond donors (Lipinski definition) is 2. The standard InChI is InChI=1S/C29H31BrClFN4O3/c1-38-26-11-10-22(30)17-21(26)19-39-27-24(8-5-9-25(27)32)28(37)34-29(33)36(15-14-35-12-2-3-13-35)18-20-6-4-7-23(31)16-20/h4-11,16-17H,2-3,12-15,18-19H2,1H3,(H2,33,34,37). The highest BCUT2D eigenvalue weighted by Crippen LogP contribution is 2.28. The lowest BCUT2D eigenvalue weighted by atomic mass is 10.1. The summed E-state index contributed by atoms with van der Waals surface area (Å²) in [4.78, 5) is 17.4. The summed E-state index contributed by atoms with van der Waals surface area (Å²) in [6, 6.07) is 17.0. The minimum absolute atomic E-state index is 0.00374. The molecule has 0 unspecified atom stereocenters. The number of methoxy groups -OCH3 is 1. The fourth-order valence-corrected chi connectivity index (χ4v) is 5.11. The summed E-state index contributed by atoms with van der Waals surface area (Å²) >= 11 is 9.60. The molecular formula is C29H31BrClFN4O3. The zero-order valence-electron chi connectivity index (χ0n) is 21.7. The van der Waals surface area contributed by atoms with Crippen LogP contribution in [0.2, 0.25) is 5.02 Å². The molecule has 3 aromatic carbocycles. The molecule has 1 aliphatic heterocycles. The van der Waals surface area contributed by atoms with Gasteiger partial charge in [0.2, 0.25) is 0 Å². The maximum atomic E-state index is 14.9. The quantitative estimate of drug-likeness (QED) is 0.213. The van der Waals surface area contributed by atoms with Gasteiger partial charge in [-0.2, -0.15) is 0 Å². The van der Waals surface area contributed by atoms with Gasteiger partial charge >= 0.3 is 0 Å². The minimum Gasteiger partial charge on any atom is -0.496 e. The number of carbonyl (C=O) groups is 1. The van der Waals surface area contributed by atoms with Crippen LogP contribution in [0.5, 0.6) is 11.5 Å². The van der Waals surface area contributed by atoms with Gasteiger partial charge in [0.1, 0.15) is 12.4 Å². The molecule has 0 aromatic heterocycles. The number of amides is 1. The van der Waals surface area contributed by atoms with Gasteiger partial charge in [-0.3, -0.25) is 15.5 Å². The average molecular weight is 618 g/mol. The normalized spacial score (nSPS) is 13.2. The van der Waals surface area contributed by atoms with Crippen LogP contribution in [-0.2, 0) is 13.2 Å². The number of halogens is 3. The fraction of sp³-hybridized carbons (Fsp3) is 0.310. The lowest BCUT2D eigenvalue weighted by Gasteiger charge is -2.28. The first kappa shape index (κ1) is 28.9. The number of likely N-dealkylation sites (tertiary alicyclic amines) is 1. The van der Waals surface area contributed by atoms with Crippen molar-refractivity contribution in [2.75, 3.05) is 33.3 Å². The van der Waals surface area contributed by atoms with Gasteiger partial charge in [0.25, 0.3) is 5.91 Å². The molecule has 0 aliphatic carbocycles. The number of benzene rings is 3. The number of carbonyl (C=O) groups excluding carboxylic acids is 1. The van der Waals surface area contributed by atoms with Crippen molar-refractivity contribution in [3.05, 3.63) is 92.7 Å². The Labute approximate surface area is 241 Å². The van der Waals surface area contributed by atoms with E-state index in [4.69, 9.17) is 26.5 Å². The van der Waals surface area contributed by atoms with E-state index in [0.29, 0.717) is 29.4 Å². The van der Waals surface area contributed by atoms with Crippen LogP contribution in [0.1, 0.15) is 34.3 Å². The maximum absolute atomic E-state index is 14.9. The third-order valence-corrected chi connectivity index (χ3v) is 7.25. The smallest absolute Gasteiger partial charge is 0.261 e. The van der Waals surface area contributed by atoms with E-state index in [1.54, 1.807) is 24.1 Å². The summed E-state index contributed by atoms with van der Waals surface area (Å²) in [7, 11) is 1.54. The first-order valence-corrected chi connectivity index (χ1v) is 13.9. The minimum atomic E-state index is -0.673. The van der Waals surface area contributed by atoms with E-state index in [1.165, 1.54) is 18.2 Å². The van der Waals surface area contributed by atoms with Crippen LogP contribution in [0, 0.1) is 11.2 Å². The Morgan fingerprint density at radius 3 is 2.67 bits per heavy atom. The molecule has 0 atom stereocenters. The Morgan fingerprint density at radius 1 is 1.15 bits per heavy atom. The third-order valence-electron chi connectivity index (χ3n) is 6.52. The second-order valence-electron chi connectivity index (χ2n) is 9.26. The maximum Gasteiger partial charge on any atom is 0.261 e. The van der Waals surface area contributed by atoms with Crippen molar-refractivity contribution in [1.29, 1.82) is 5.41 Å². The van der Waals surface area contributed by atoms with Crippen molar-refractivity contribution in [3.8, 4) is 11.5 Å². The molecule has 0 spiro atoms. The molecule has 7 nitrogen and oxygen atoms in total. The molecular weight excluding hydrogens is 587 g/mol. The molecule has 1 amide bonds. The Kier molecular flexibility index (Phi) is 10.2. The predicted molar refractivity (Wildman–Crippen MR) is 154 cm³/mol. The van der Waals surface area contributed by atoms with Gasteiger partial charge in [-0.15, -0.1) is 0 Å². The van der Waals surface area contributed by atoms with Crippen LogP contribution < -0.4 is 14.8 Å². The Hall–Kier alpha value is -3.14. The number of para-hydroxylation sites is 1. The summed E-state index contributed by atoms with van der Waals surface area (Å²) in [5.41, 5.74) is 1.60. The number of nitrogens with zero attached hydrogens (tertiary/aromatic N) is 2. The highest BCUT2D eigenvalue weighted by atomic mass is 79.9. The van der Waals surface area contributed by atoms with E-state index in [0.717, 1.165) is 42.5 Å². The predicted octanol–water partition coefficient (Wildman–Crippen LogP) is 6.09. The van der Waals surface area contributed by atoms with Crippen LogP contribution in [0.4, 0.5) is 4.39 Å². The zero-order valence-corrected chi connectivity index (χ0v) is 24.0. The number of hydrogen-bond acceptors (Lipinski definition) is 5. The molecule has 0 radical (unpaired) electrons. The molecule has 2 N–H and O–H groups in total. The molecule has 1 heterocycles. The van der Waals surface area contributed by atoms with Gasteiger partial charge < -0.3 is 19.3 Å². The SMILES string of the molecule is COc1ccc(Br)cc1COc1c(F)cccc1C(=O)NC(=N)N(CCN1CCCC1)Cc1cccc(Cl)c1. The molecule has 0 saturated carbocycles. The molecule has 10 heteroatoms. The molecule has 4 rings (SSSR count). The van der Waals surface area contributed by atoms with Crippen molar-refractivity contribution < 1.29 is 18.7 Å². The van der Waals surface area contributed by atoms with Crippen LogP contribution in [-0.4, -0.2) is 55.0 Å². The summed E-state index contributed by atoms with van der Waals surface area (Å²) in [6.45, 7) is 3.73. The van der Waals surface area contributed by atoms with Crippen molar-refractivity contribution in [1.82, 2.24) is 15.1 Å². The first-order chi connectivity index (χ1) is 18.8. The molecule has 3 aromatic rings. The van der Waals surface area contributed by atoms with Gasteiger partial charge in [0.05, 0.1) is 12.7 Å². The lowest BCUT2D eigenvalue weighted by molar-refractivity contribution is 0.0965. The lowest BCUT2D eigenvalue weighted by Crippen LogP contribution is -2.46. The van der Waals surface area contributed by atoms with Gasteiger partial charge in [0.15, 0.2) is 17.5 Å². The third kappa shape index (κ3) is 7.94. The zero-order chi connectivity index (χ0) is 27.8. The van der Waals surface area contributed by atoms with E-state index >= 15 is 0 Å². The van der Waals surface area contributed by atoms with E-state index in [1.807, 2.05) is 30.3 Å². The molecule has 39 heavy (non-hydrogen) atoms. The molecule has 206 valence electrons. The van der Waals surface area contributed by atoms with Gasteiger partial charge in [-0.05, 0) is 74.0 Å². The van der Waals surface area contributed by atoms with E-state index in [9.17, 15) is 9.18 Å². The van der Waals surface area contributed by atoms with Crippen LogP contribution in [0.25, 0.3) is 0 Å². The Balaban J connectivity index is 1.49. The van der Waals surface area contributed by atoms with Crippen molar-refractivity contribution in [2.45, 2.75) is 26.0 Å². The summed E-state index contributed by atoms with van der Waals surface area (Å²) in [5.74, 6) is -0.996. The fourth-order valence-electron chi connectivity index (χ4n) is 4.49. The van der Waals surface area contributed by atoms with E-state index < -0.39 is 11.7 Å². The number of rotatable bonds is 10. The van der Waals surface area contributed by atoms with Crippen LogP contribution in [0.3, 0.4) is 0 Å². The van der Waals surface area contributed by atoms with Crippen LogP contribution in [0.15, 0.2) is 65.1 Å². The van der Waals surface area contributed by atoms with Crippen molar-refractivity contribution in [2.24, 2.45) is 0 Å². The van der Waals surface area contributed by atoms with Crippen LogP contribution >= 0.6 is 27.5 Å². The average Bonchev–Trinajstić information content (AvgIpc) is 3.44. The Morgan fingerprint density at radius 2 is 1.92 bits per heavy atom. The molecule has 0 bridgehead atoms. The molecule has 1 aliphatic rings. The highest BCUT2D eigenvalue weighted by Gasteiger charge is 2.22. The van der Waals surface area contributed by atoms with Gasteiger partial charge in [-0.1, -0.05) is 45.7 Å². The monoisotopic (exact) mass is 616 g/mol. The summed E-state index contributed by atoms with van der Waals surface area (Å²) < 4.78 is 26.8. The number of nitrogens with one attached hydrogen (secondary N) is 2. The summed E-state index contributed by atoms with van der Waals surface area (Å²) in [5, 5.41) is 12.0. The molecule has 1 fully saturated rings. The second-order valence-corrected chi connectivity index (χ2v) is 10.6. The largest absolute Gasteiger partial charge is 0.496 e. The number of ether oxygens (including phenoxy) is 2. The highest BCUT2D eigenvalue weighted by molar-refractivity contribution is 9.10.